The van der Waals surface area contributed by atoms with E-state index in [0.717, 1.165) is 23.1 Å². The maximum absolute atomic E-state index is 5.80. The van der Waals surface area contributed by atoms with Crippen molar-refractivity contribution >= 4 is 11.6 Å². The molecule has 0 aromatic carbocycles. The highest BCUT2D eigenvalue weighted by atomic mass is 15.1. The van der Waals surface area contributed by atoms with Crippen LogP contribution >= 0.6 is 0 Å². The Hall–Kier alpha value is -1.32. The number of aryl methyl sites for hydroxylation is 1. The molecule has 1 aromatic rings. The first-order chi connectivity index (χ1) is 7.08. The fraction of sp³-hybridized carbons (Fsp3) is 0.636. The third kappa shape index (κ3) is 2.19. The second-order valence-electron chi connectivity index (χ2n) is 4.40. The number of anilines is 2. The number of nitrogens with zero attached hydrogens (tertiary/aromatic N) is 2. The van der Waals surface area contributed by atoms with Gasteiger partial charge < -0.3 is 11.1 Å². The van der Waals surface area contributed by atoms with E-state index < -0.39 is 0 Å². The van der Waals surface area contributed by atoms with Gasteiger partial charge in [-0.1, -0.05) is 0 Å². The summed E-state index contributed by atoms with van der Waals surface area (Å²) < 4.78 is 0. The normalized spacial score (nSPS) is 17.5. The molecule has 1 aromatic heterocycles. The zero-order valence-electron chi connectivity index (χ0n) is 9.54. The molecule has 1 unspecified atom stereocenters. The van der Waals surface area contributed by atoms with E-state index in [2.05, 4.69) is 22.2 Å². The molecule has 3 N–H and O–H groups in total. The predicted molar refractivity (Wildman–Crippen MR) is 61.7 cm³/mol. The smallest absolute Gasteiger partial charge is 0.134 e. The SMILES string of the molecule is Cc1nc(N)c(C)c(NC(C)C2CC2)n1. The molecular formula is C11H18N4. The van der Waals surface area contributed by atoms with Crippen LogP contribution in [-0.4, -0.2) is 16.0 Å². The van der Waals surface area contributed by atoms with Crippen molar-refractivity contribution in [1.82, 2.24) is 9.97 Å². The Labute approximate surface area is 90.3 Å². The van der Waals surface area contributed by atoms with Crippen molar-refractivity contribution in [3.63, 3.8) is 0 Å². The maximum Gasteiger partial charge on any atom is 0.134 e. The summed E-state index contributed by atoms with van der Waals surface area (Å²) in [6.07, 6.45) is 2.65. The zero-order valence-corrected chi connectivity index (χ0v) is 9.54. The summed E-state index contributed by atoms with van der Waals surface area (Å²) in [6.45, 7) is 6.02. The molecule has 1 fully saturated rings. The molecule has 4 nitrogen and oxygen atoms in total. The molecule has 4 heteroatoms. The number of hydrogen-bond donors (Lipinski definition) is 2. The van der Waals surface area contributed by atoms with Crippen molar-refractivity contribution in [1.29, 1.82) is 0 Å². The largest absolute Gasteiger partial charge is 0.383 e. The maximum atomic E-state index is 5.80. The van der Waals surface area contributed by atoms with Crippen molar-refractivity contribution in [2.24, 2.45) is 5.92 Å². The van der Waals surface area contributed by atoms with Gasteiger partial charge in [0.05, 0.1) is 0 Å². The molecule has 1 saturated carbocycles. The summed E-state index contributed by atoms with van der Waals surface area (Å²) in [7, 11) is 0. The molecule has 0 amide bonds. The van der Waals surface area contributed by atoms with Gasteiger partial charge in [0, 0.05) is 11.6 Å². The van der Waals surface area contributed by atoms with Crippen molar-refractivity contribution in [3.8, 4) is 0 Å². The van der Waals surface area contributed by atoms with Gasteiger partial charge in [-0.05, 0) is 39.5 Å². The van der Waals surface area contributed by atoms with Crippen LogP contribution in [0.1, 0.15) is 31.2 Å². The van der Waals surface area contributed by atoms with Gasteiger partial charge in [-0.25, -0.2) is 9.97 Å². The van der Waals surface area contributed by atoms with Crippen molar-refractivity contribution in [3.05, 3.63) is 11.4 Å². The van der Waals surface area contributed by atoms with Crippen molar-refractivity contribution in [2.45, 2.75) is 39.7 Å². The van der Waals surface area contributed by atoms with Crippen LogP contribution in [0.2, 0.25) is 0 Å². The van der Waals surface area contributed by atoms with Gasteiger partial charge in [0.2, 0.25) is 0 Å². The molecule has 1 heterocycles. The van der Waals surface area contributed by atoms with Crippen LogP contribution in [0.3, 0.4) is 0 Å². The van der Waals surface area contributed by atoms with Crippen LogP contribution in [0.15, 0.2) is 0 Å². The average molecular weight is 206 g/mol. The summed E-state index contributed by atoms with van der Waals surface area (Å²) >= 11 is 0. The van der Waals surface area contributed by atoms with Gasteiger partial charge in [-0.15, -0.1) is 0 Å². The molecule has 0 radical (unpaired) electrons. The van der Waals surface area contributed by atoms with Crippen LogP contribution in [0.25, 0.3) is 0 Å². The fourth-order valence-corrected chi connectivity index (χ4v) is 1.72. The number of rotatable bonds is 3. The van der Waals surface area contributed by atoms with E-state index in [1.807, 2.05) is 13.8 Å². The Morgan fingerprint density at radius 2 is 2.00 bits per heavy atom. The third-order valence-electron chi connectivity index (χ3n) is 2.99. The van der Waals surface area contributed by atoms with Gasteiger partial charge in [0.1, 0.15) is 17.5 Å². The first-order valence-corrected chi connectivity index (χ1v) is 5.45. The first-order valence-electron chi connectivity index (χ1n) is 5.45. The number of aromatic nitrogens is 2. The van der Waals surface area contributed by atoms with Gasteiger partial charge >= 0.3 is 0 Å². The third-order valence-corrected chi connectivity index (χ3v) is 2.99. The minimum absolute atomic E-state index is 0.484. The molecule has 0 aliphatic heterocycles. The predicted octanol–water partition coefficient (Wildman–Crippen LogP) is 1.89. The average Bonchev–Trinajstić information content (AvgIpc) is 2.96. The Bertz CT molecular complexity index is 371. The Kier molecular flexibility index (Phi) is 2.50. The summed E-state index contributed by atoms with van der Waals surface area (Å²) in [5.74, 6) is 3.00. The summed E-state index contributed by atoms with van der Waals surface area (Å²) in [6, 6.07) is 0.484. The molecular weight excluding hydrogens is 188 g/mol. The molecule has 15 heavy (non-hydrogen) atoms. The number of nitrogens with one attached hydrogen (secondary N) is 1. The summed E-state index contributed by atoms with van der Waals surface area (Å²) in [4.78, 5) is 8.51. The van der Waals surface area contributed by atoms with Gasteiger partial charge in [0.15, 0.2) is 0 Å². The quantitative estimate of drug-likeness (QED) is 0.792. The van der Waals surface area contributed by atoms with E-state index in [4.69, 9.17) is 5.73 Å². The van der Waals surface area contributed by atoms with E-state index in [-0.39, 0.29) is 0 Å². The topological polar surface area (TPSA) is 63.8 Å². The lowest BCUT2D eigenvalue weighted by Gasteiger charge is -2.16. The first kappa shape index (κ1) is 10.2. The van der Waals surface area contributed by atoms with Crippen LogP contribution in [0, 0.1) is 19.8 Å². The second-order valence-corrected chi connectivity index (χ2v) is 4.40. The minimum atomic E-state index is 0.484. The number of nitrogen functional groups attached to an aromatic ring is 1. The van der Waals surface area contributed by atoms with E-state index in [9.17, 15) is 0 Å². The minimum Gasteiger partial charge on any atom is -0.383 e. The summed E-state index contributed by atoms with van der Waals surface area (Å²) in [5.41, 5.74) is 6.75. The molecule has 2 rings (SSSR count). The highest BCUT2D eigenvalue weighted by Gasteiger charge is 2.28. The Morgan fingerprint density at radius 3 is 2.60 bits per heavy atom. The second kappa shape index (κ2) is 3.68. The Morgan fingerprint density at radius 1 is 1.33 bits per heavy atom. The van der Waals surface area contributed by atoms with Gasteiger partial charge in [-0.3, -0.25) is 0 Å². The van der Waals surface area contributed by atoms with Crippen LogP contribution in [0.4, 0.5) is 11.6 Å². The lowest BCUT2D eigenvalue weighted by atomic mass is 10.2. The van der Waals surface area contributed by atoms with Crippen LogP contribution < -0.4 is 11.1 Å². The van der Waals surface area contributed by atoms with E-state index >= 15 is 0 Å². The summed E-state index contributed by atoms with van der Waals surface area (Å²) in [5, 5.41) is 3.42. The van der Waals surface area contributed by atoms with Crippen LogP contribution in [0.5, 0.6) is 0 Å². The van der Waals surface area contributed by atoms with E-state index in [0.29, 0.717) is 11.9 Å². The van der Waals surface area contributed by atoms with Gasteiger partial charge in [-0.2, -0.15) is 0 Å². The van der Waals surface area contributed by atoms with Crippen molar-refractivity contribution < 1.29 is 0 Å². The van der Waals surface area contributed by atoms with E-state index in [1.54, 1.807) is 0 Å². The highest BCUT2D eigenvalue weighted by Crippen LogP contribution is 2.34. The molecule has 0 bridgehead atoms. The molecule has 1 aliphatic rings. The molecule has 82 valence electrons. The van der Waals surface area contributed by atoms with Crippen LogP contribution in [-0.2, 0) is 0 Å². The molecule has 0 saturated heterocycles. The van der Waals surface area contributed by atoms with E-state index in [1.165, 1.54) is 12.8 Å². The Balaban J connectivity index is 2.19. The fourth-order valence-electron chi connectivity index (χ4n) is 1.72. The lowest BCUT2D eigenvalue weighted by molar-refractivity contribution is 0.688. The lowest BCUT2D eigenvalue weighted by Crippen LogP contribution is -2.20. The monoisotopic (exact) mass is 206 g/mol. The zero-order chi connectivity index (χ0) is 11.0. The number of nitrogens with two attached hydrogens (primary N) is 1. The number of hydrogen-bond acceptors (Lipinski definition) is 4. The molecule has 0 spiro atoms. The van der Waals surface area contributed by atoms with Crippen molar-refractivity contribution in [2.75, 3.05) is 11.1 Å². The highest BCUT2D eigenvalue weighted by molar-refractivity contribution is 5.55. The molecule has 1 aliphatic carbocycles. The van der Waals surface area contributed by atoms with Gasteiger partial charge in [0.25, 0.3) is 0 Å². The standard InChI is InChI=1S/C11H18N4/c1-6-10(12)14-8(3)15-11(6)13-7(2)9-4-5-9/h7,9H,4-5H2,1-3H3,(H3,12,13,14,15). The molecule has 1 atom stereocenters.